The molecular weight excluding hydrogens is 190 g/mol. The highest BCUT2D eigenvalue weighted by Gasteiger charge is 1.99. The number of aromatic nitrogens is 2. The molecule has 0 aliphatic heterocycles. The molecule has 0 saturated carbocycles. The number of nitrogens with zero attached hydrogens (tertiary/aromatic N) is 3. The van der Waals surface area contributed by atoms with Crippen LogP contribution in [-0.4, -0.2) is 16.0 Å². The molecular formula is C11H7N3O. The summed E-state index contributed by atoms with van der Waals surface area (Å²) in [6, 6.07) is 8.86. The summed E-state index contributed by atoms with van der Waals surface area (Å²) in [5.41, 5.74) is 1.38. The van der Waals surface area contributed by atoms with Gasteiger partial charge in [-0.25, -0.2) is 14.8 Å². The lowest BCUT2D eigenvalue weighted by atomic mass is 10.2. The molecule has 2 aromatic rings. The SMILES string of the molecule is O=C=Nc1cccc(-c2ncccn2)c1. The quantitative estimate of drug-likeness (QED) is 0.547. The summed E-state index contributed by atoms with van der Waals surface area (Å²) >= 11 is 0. The number of hydrogen-bond acceptors (Lipinski definition) is 4. The topological polar surface area (TPSA) is 55.2 Å². The average molecular weight is 197 g/mol. The summed E-state index contributed by atoms with van der Waals surface area (Å²) in [5, 5.41) is 0. The largest absolute Gasteiger partial charge is 0.240 e. The molecule has 15 heavy (non-hydrogen) atoms. The predicted octanol–water partition coefficient (Wildman–Crippen LogP) is 2.11. The van der Waals surface area contributed by atoms with E-state index in [4.69, 9.17) is 0 Å². The molecule has 1 heterocycles. The van der Waals surface area contributed by atoms with Gasteiger partial charge in [-0.15, -0.1) is 0 Å². The molecule has 0 aliphatic carbocycles. The van der Waals surface area contributed by atoms with Gasteiger partial charge in [0.25, 0.3) is 0 Å². The van der Waals surface area contributed by atoms with Crippen LogP contribution >= 0.6 is 0 Å². The first kappa shape index (κ1) is 9.24. The number of benzene rings is 1. The molecule has 1 aromatic carbocycles. The molecule has 2 rings (SSSR count). The first-order chi connectivity index (χ1) is 7.40. The van der Waals surface area contributed by atoms with Gasteiger partial charge in [-0.05, 0) is 18.2 Å². The van der Waals surface area contributed by atoms with Crippen molar-refractivity contribution in [2.75, 3.05) is 0 Å². The average Bonchev–Trinajstić information content (AvgIpc) is 2.31. The molecule has 0 bridgehead atoms. The molecule has 0 N–H and O–H groups in total. The van der Waals surface area contributed by atoms with Gasteiger partial charge in [-0.3, -0.25) is 0 Å². The van der Waals surface area contributed by atoms with Gasteiger partial charge in [0.15, 0.2) is 5.82 Å². The lowest BCUT2D eigenvalue weighted by Gasteiger charge is -1.98. The highest BCUT2D eigenvalue weighted by atomic mass is 16.1. The number of hydrogen-bond donors (Lipinski definition) is 0. The standard InChI is InChI=1S/C11H7N3O/c15-8-14-10-4-1-3-9(7-10)11-12-5-2-6-13-11/h1-7H. The third-order valence-corrected chi connectivity index (χ3v) is 1.84. The van der Waals surface area contributed by atoms with E-state index in [1.807, 2.05) is 6.07 Å². The molecule has 0 radical (unpaired) electrons. The lowest BCUT2D eigenvalue weighted by Crippen LogP contribution is -1.85. The van der Waals surface area contributed by atoms with Gasteiger partial charge in [0.05, 0.1) is 5.69 Å². The van der Waals surface area contributed by atoms with Crippen molar-refractivity contribution in [3.05, 3.63) is 42.7 Å². The normalized spacial score (nSPS) is 9.33. The molecule has 4 heteroatoms. The summed E-state index contributed by atoms with van der Waals surface area (Å²) in [5.74, 6) is 0.612. The van der Waals surface area contributed by atoms with Crippen LogP contribution in [0.4, 0.5) is 5.69 Å². The van der Waals surface area contributed by atoms with Crippen molar-refractivity contribution in [2.24, 2.45) is 4.99 Å². The van der Waals surface area contributed by atoms with Crippen LogP contribution in [0.1, 0.15) is 0 Å². The number of isocyanates is 1. The maximum Gasteiger partial charge on any atom is 0.240 e. The zero-order valence-corrected chi connectivity index (χ0v) is 7.79. The number of aliphatic imine (C=N–C) groups is 1. The maximum atomic E-state index is 10.1. The first-order valence-corrected chi connectivity index (χ1v) is 4.35. The molecule has 72 valence electrons. The van der Waals surface area contributed by atoms with E-state index in [9.17, 15) is 4.79 Å². The van der Waals surface area contributed by atoms with Crippen molar-refractivity contribution < 1.29 is 4.79 Å². The smallest absolute Gasteiger partial charge is 0.237 e. The van der Waals surface area contributed by atoms with E-state index < -0.39 is 0 Å². The molecule has 0 atom stereocenters. The van der Waals surface area contributed by atoms with Crippen LogP contribution in [0.2, 0.25) is 0 Å². The molecule has 0 spiro atoms. The number of rotatable bonds is 2. The van der Waals surface area contributed by atoms with Gasteiger partial charge < -0.3 is 0 Å². The summed E-state index contributed by atoms with van der Waals surface area (Å²) in [4.78, 5) is 21.8. The van der Waals surface area contributed by atoms with E-state index in [1.165, 1.54) is 6.08 Å². The van der Waals surface area contributed by atoms with E-state index in [-0.39, 0.29) is 0 Å². The van der Waals surface area contributed by atoms with Crippen LogP contribution in [0.25, 0.3) is 11.4 Å². The minimum absolute atomic E-state index is 0.551. The minimum Gasteiger partial charge on any atom is -0.237 e. The Bertz CT molecular complexity index is 504. The zero-order valence-electron chi connectivity index (χ0n) is 7.79. The Morgan fingerprint density at radius 2 is 1.93 bits per heavy atom. The molecule has 0 amide bonds. The van der Waals surface area contributed by atoms with E-state index >= 15 is 0 Å². The van der Waals surface area contributed by atoms with Crippen LogP contribution in [0.3, 0.4) is 0 Å². The second-order valence-electron chi connectivity index (χ2n) is 2.83. The molecule has 0 saturated heterocycles. The van der Waals surface area contributed by atoms with Crippen molar-refractivity contribution in [3.63, 3.8) is 0 Å². The van der Waals surface area contributed by atoms with Gasteiger partial charge in [0.2, 0.25) is 6.08 Å². The Morgan fingerprint density at radius 3 is 2.67 bits per heavy atom. The third kappa shape index (κ3) is 2.13. The van der Waals surface area contributed by atoms with Crippen molar-refractivity contribution in [1.29, 1.82) is 0 Å². The second-order valence-corrected chi connectivity index (χ2v) is 2.83. The summed E-state index contributed by atoms with van der Waals surface area (Å²) < 4.78 is 0. The Morgan fingerprint density at radius 1 is 1.13 bits per heavy atom. The number of carbonyl (C=O) groups excluding carboxylic acids is 1. The highest BCUT2D eigenvalue weighted by molar-refractivity contribution is 5.62. The molecule has 0 fully saturated rings. The van der Waals surface area contributed by atoms with E-state index in [0.29, 0.717) is 11.5 Å². The fourth-order valence-electron chi connectivity index (χ4n) is 1.22. The van der Waals surface area contributed by atoms with Gasteiger partial charge in [-0.1, -0.05) is 12.1 Å². The Kier molecular flexibility index (Phi) is 2.63. The van der Waals surface area contributed by atoms with Gasteiger partial charge in [0.1, 0.15) is 0 Å². The van der Waals surface area contributed by atoms with Crippen molar-refractivity contribution in [2.45, 2.75) is 0 Å². The zero-order chi connectivity index (χ0) is 10.5. The molecule has 4 nitrogen and oxygen atoms in total. The fraction of sp³-hybridized carbons (Fsp3) is 0. The Hall–Kier alpha value is -2.32. The van der Waals surface area contributed by atoms with E-state index in [1.54, 1.807) is 36.7 Å². The summed E-state index contributed by atoms with van der Waals surface area (Å²) in [7, 11) is 0. The molecule has 0 unspecified atom stereocenters. The van der Waals surface area contributed by atoms with Crippen LogP contribution < -0.4 is 0 Å². The Labute approximate surface area is 86.3 Å². The van der Waals surface area contributed by atoms with E-state index in [0.717, 1.165) is 5.56 Å². The lowest BCUT2D eigenvalue weighted by molar-refractivity contribution is 0.565. The summed E-state index contributed by atoms with van der Waals surface area (Å²) in [6.07, 6.45) is 4.83. The maximum absolute atomic E-state index is 10.1. The minimum atomic E-state index is 0.551. The molecule has 1 aromatic heterocycles. The van der Waals surface area contributed by atoms with Crippen LogP contribution in [0, 0.1) is 0 Å². The van der Waals surface area contributed by atoms with Gasteiger partial charge in [-0.2, -0.15) is 4.99 Å². The second kappa shape index (κ2) is 4.26. The fourth-order valence-corrected chi connectivity index (χ4v) is 1.22. The Balaban J connectivity index is 2.46. The van der Waals surface area contributed by atoms with E-state index in [2.05, 4.69) is 15.0 Å². The van der Waals surface area contributed by atoms with Gasteiger partial charge >= 0.3 is 0 Å². The van der Waals surface area contributed by atoms with Crippen molar-refractivity contribution >= 4 is 11.8 Å². The van der Waals surface area contributed by atoms with Gasteiger partial charge in [0, 0.05) is 18.0 Å². The van der Waals surface area contributed by atoms with Crippen molar-refractivity contribution in [3.8, 4) is 11.4 Å². The van der Waals surface area contributed by atoms with Crippen LogP contribution in [0.5, 0.6) is 0 Å². The van der Waals surface area contributed by atoms with Crippen LogP contribution in [0.15, 0.2) is 47.7 Å². The third-order valence-electron chi connectivity index (χ3n) is 1.84. The molecule has 0 aliphatic rings. The van der Waals surface area contributed by atoms with Crippen molar-refractivity contribution in [1.82, 2.24) is 9.97 Å². The predicted molar refractivity (Wildman–Crippen MR) is 55.2 cm³/mol. The van der Waals surface area contributed by atoms with Crippen LogP contribution in [-0.2, 0) is 4.79 Å². The highest BCUT2D eigenvalue weighted by Crippen LogP contribution is 2.20. The monoisotopic (exact) mass is 197 g/mol. The summed E-state index contributed by atoms with van der Waals surface area (Å²) in [6.45, 7) is 0. The first-order valence-electron chi connectivity index (χ1n) is 4.35.